The molecule has 0 saturated heterocycles. The Bertz CT molecular complexity index is 433. The Balaban J connectivity index is 3.14. The minimum absolute atomic E-state index is 0.0352. The monoisotopic (exact) mass is 308 g/mol. The highest BCUT2D eigenvalue weighted by Crippen LogP contribution is 2.36. The summed E-state index contributed by atoms with van der Waals surface area (Å²) in [5, 5.41) is 0. The number of alkyl halides is 7. The van der Waals surface area contributed by atoms with Crippen molar-refractivity contribution in [3.05, 3.63) is 17.6 Å². The summed E-state index contributed by atoms with van der Waals surface area (Å²) in [6.45, 7) is 1.29. The van der Waals surface area contributed by atoms with Crippen molar-refractivity contribution in [3.8, 4) is 5.88 Å². The van der Waals surface area contributed by atoms with Crippen molar-refractivity contribution in [2.75, 3.05) is 0 Å². The summed E-state index contributed by atoms with van der Waals surface area (Å²) in [6.07, 6.45) is -14.2. The van der Waals surface area contributed by atoms with Crippen molar-refractivity contribution in [1.29, 1.82) is 0 Å². The first-order valence-corrected chi connectivity index (χ1v) is 5.27. The minimum atomic E-state index is -5.61. The Labute approximate surface area is 108 Å². The van der Waals surface area contributed by atoms with Gasteiger partial charge in [0.2, 0.25) is 5.88 Å². The second-order valence-corrected chi connectivity index (χ2v) is 3.73. The van der Waals surface area contributed by atoms with Crippen LogP contribution in [0.1, 0.15) is 11.4 Å². The topological polar surface area (TPSA) is 35.0 Å². The summed E-state index contributed by atoms with van der Waals surface area (Å²) in [4.78, 5) is 7.00. The van der Waals surface area contributed by atoms with Gasteiger partial charge in [0.1, 0.15) is 5.82 Å². The number of aryl methyl sites for hydroxylation is 1. The predicted molar refractivity (Wildman–Crippen MR) is 52.9 cm³/mol. The summed E-state index contributed by atoms with van der Waals surface area (Å²) in [7, 11) is 0. The Morgan fingerprint density at radius 1 is 1.21 bits per heavy atom. The standard InChI is InChI=1S/C9H7ClF6N2O/c1-4-17-3-5(2-10)6(18-4)19-7(8(11,12)13)9(14,15)16/h3,7H,2H2,1H3. The van der Waals surface area contributed by atoms with Crippen LogP contribution in [0.4, 0.5) is 26.3 Å². The molecule has 1 aromatic rings. The average molecular weight is 309 g/mol. The molecule has 0 spiro atoms. The third kappa shape index (κ3) is 4.12. The van der Waals surface area contributed by atoms with Gasteiger partial charge in [0.05, 0.1) is 5.88 Å². The predicted octanol–water partition coefficient (Wildman–Crippen LogP) is 3.40. The third-order valence-corrected chi connectivity index (χ3v) is 2.20. The fourth-order valence-corrected chi connectivity index (χ4v) is 1.28. The van der Waals surface area contributed by atoms with Crippen LogP contribution in [-0.2, 0) is 5.88 Å². The minimum Gasteiger partial charge on any atom is -0.454 e. The molecular weight excluding hydrogens is 302 g/mol. The number of ether oxygens (including phenoxy) is 1. The highest BCUT2D eigenvalue weighted by Gasteiger charge is 2.59. The molecule has 1 aromatic heterocycles. The maximum atomic E-state index is 12.3. The van der Waals surface area contributed by atoms with Gasteiger partial charge in [0, 0.05) is 11.8 Å². The zero-order chi connectivity index (χ0) is 14.8. The lowest BCUT2D eigenvalue weighted by Crippen LogP contribution is -2.46. The Hall–Kier alpha value is -1.25. The van der Waals surface area contributed by atoms with Crippen molar-refractivity contribution in [1.82, 2.24) is 9.97 Å². The largest absolute Gasteiger partial charge is 0.454 e. The third-order valence-electron chi connectivity index (χ3n) is 1.91. The highest BCUT2D eigenvalue weighted by atomic mass is 35.5. The molecule has 0 aliphatic rings. The van der Waals surface area contributed by atoms with Gasteiger partial charge < -0.3 is 4.74 Å². The molecule has 1 rings (SSSR count). The molecule has 0 fully saturated rings. The SMILES string of the molecule is Cc1ncc(CCl)c(OC(C(F)(F)F)C(F)(F)F)n1. The van der Waals surface area contributed by atoms with E-state index in [1.54, 1.807) is 0 Å². The van der Waals surface area contributed by atoms with Crippen LogP contribution in [0, 0.1) is 6.92 Å². The van der Waals surface area contributed by atoms with Crippen LogP contribution in [0.25, 0.3) is 0 Å². The van der Waals surface area contributed by atoms with Crippen LogP contribution < -0.4 is 4.74 Å². The Morgan fingerprint density at radius 3 is 2.16 bits per heavy atom. The number of nitrogens with zero attached hydrogens (tertiary/aromatic N) is 2. The molecule has 3 nitrogen and oxygen atoms in total. The van der Waals surface area contributed by atoms with Crippen LogP contribution >= 0.6 is 11.6 Å². The number of hydrogen-bond acceptors (Lipinski definition) is 3. The lowest BCUT2D eigenvalue weighted by atomic mass is 10.3. The molecule has 0 aromatic carbocycles. The number of aromatic nitrogens is 2. The normalized spacial score (nSPS) is 12.9. The summed E-state index contributed by atoms with van der Waals surface area (Å²) < 4.78 is 77.9. The van der Waals surface area contributed by atoms with Crippen molar-refractivity contribution >= 4 is 11.6 Å². The molecule has 0 amide bonds. The van der Waals surface area contributed by atoms with Gasteiger partial charge in [-0.3, -0.25) is 0 Å². The fraction of sp³-hybridized carbons (Fsp3) is 0.556. The quantitative estimate of drug-likeness (QED) is 0.634. The molecule has 0 unspecified atom stereocenters. The summed E-state index contributed by atoms with van der Waals surface area (Å²) in [5.41, 5.74) is -0.161. The van der Waals surface area contributed by atoms with E-state index in [1.807, 2.05) is 0 Å². The van der Waals surface area contributed by atoms with Crippen molar-refractivity contribution in [3.63, 3.8) is 0 Å². The van der Waals surface area contributed by atoms with Gasteiger partial charge in [-0.2, -0.15) is 31.3 Å². The highest BCUT2D eigenvalue weighted by molar-refractivity contribution is 6.17. The van der Waals surface area contributed by atoms with E-state index in [1.165, 1.54) is 6.92 Å². The van der Waals surface area contributed by atoms with E-state index < -0.39 is 24.3 Å². The van der Waals surface area contributed by atoms with E-state index in [2.05, 4.69) is 14.7 Å². The first kappa shape index (κ1) is 15.8. The van der Waals surface area contributed by atoms with Gasteiger partial charge in [-0.1, -0.05) is 0 Å². The zero-order valence-corrected chi connectivity index (χ0v) is 10.1. The summed E-state index contributed by atoms with van der Waals surface area (Å²) in [5.74, 6) is -1.24. The molecule has 10 heteroatoms. The molecule has 108 valence electrons. The smallest absolute Gasteiger partial charge is 0.434 e. The van der Waals surface area contributed by atoms with Gasteiger partial charge in [-0.15, -0.1) is 11.6 Å². The molecule has 19 heavy (non-hydrogen) atoms. The van der Waals surface area contributed by atoms with Crippen LogP contribution in [0.2, 0.25) is 0 Å². The first-order chi connectivity index (χ1) is 8.55. The summed E-state index contributed by atoms with van der Waals surface area (Å²) in [6, 6.07) is 0. The Morgan fingerprint density at radius 2 is 1.74 bits per heavy atom. The van der Waals surface area contributed by atoms with Crippen LogP contribution in [0.15, 0.2) is 6.20 Å². The van der Waals surface area contributed by atoms with Gasteiger partial charge in [0.25, 0.3) is 6.10 Å². The molecule has 0 radical (unpaired) electrons. The molecule has 0 saturated carbocycles. The maximum absolute atomic E-state index is 12.3. The maximum Gasteiger partial charge on any atom is 0.434 e. The lowest BCUT2D eigenvalue weighted by Gasteiger charge is -2.24. The van der Waals surface area contributed by atoms with E-state index in [-0.39, 0.29) is 17.3 Å². The molecule has 0 atom stereocenters. The van der Waals surface area contributed by atoms with Gasteiger partial charge in [-0.25, -0.2) is 4.98 Å². The van der Waals surface area contributed by atoms with Crippen LogP contribution in [0.3, 0.4) is 0 Å². The van der Waals surface area contributed by atoms with E-state index in [0.29, 0.717) is 0 Å². The van der Waals surface area contributed by atoms with E-state index >= 15 is 0 Å². The molecule has 0 aliphatic heterocycles. The van der Waals surface area contributed by atoms with E-state index in [0.717, 1.165) is 6.20 Å². The second-order valence-electron chi connectivity index (χ2n) is 3.46. The lowest BCUT2D eigenvalue weighted by molar-refractivity contribution is -0.300. The van der Waals surface area contributed by atoms with Crippen molar-refractivity contribution < 1.29 is 31.1 Å². The molecule has 0 aliphatic carbocycles. The fourth-order valence-electron chi connectivity index (χ4n) is 1.10. The number of halogens is 7. The van der Waals surface area contributed by atoms with Gasteiger partial charge >= 0.3 is 12.4 Å². The first-order valence-electron chi connectivity index (χ1n) is 4.74. The van der Waals surface area contributed by atoms with Crippen LogP contribution in [-0.4, -0.2) is 28.4 Å². The molecule has 0 N–H and O–H groups in total. The molecule has 1 heterocycles. The number of rotatable bonds is 3. The number of hydrogen-bond donors (Lipinski definition) is 0. The van der Waals surface area contributed by atoms with Crippen molar-refractivity contribution in [2.24, 2.45) is 0 Å². The molecule has 0 bridgehead atoms. The van der Waals surface area contributed by atoms with Gasteiger partial charge in [0.15, 0.2) is 0 Å². The average Bonchev–Trinajstić information content (AvgIpc) is 2.23. The van der Waals surface area contributed by atoms with E-state index in [9.17, 15) is 26.3 Å². The summed E-state index contributed by atoms with van der Waals surface area (Å²) >= 11 is 5.37. The zero-order valence-electron chi connectivity index (χ0n) is 9.31. The Kier molecular flexibility index (Phi) is 4.49. The van der Waals surface area contributed by atoms with Gasteiger partial charge in [-0.05, 0) is 6.92 Å². The second kappa shape index (κ2) is 5.40. The van der Waals surface area contributed by atoms with Crippen LogP contribution in [0.5, 0.6) is 5.88 Å². The van der Waals surface area contributed by atoms with E-state index in [4.69, 9.17) is 11.6 Å². The van der Waals surface area contributed by atoms with Crippen molar-refractivity contribution in [2.45, 2.75) is 31.3 Å². The molecular formula is C9H7ClF6N2O.